The lowest BCUT2D eigenvalue weighted by atomic mass is 10.1. The van der Waals surface area contributed by atoms with Crippen molar-refractivity contribution in [3.8, 4) is 17.6 Å². The SMILES string of the molecule is Oc1c(Cl)cc(Cl)cc1CC#Cc1ccccc1. The first-order valence-electron chi connectivity index (χ1n) is 5.37. The quantitative estimate of drug-likeness (QED) is 0.771. The van der Waals surface area contributed by atoms with Crippen molar-refractivity contribution in [3.63, 3.8) is 0 Å². The van der Waals surface area contributed by atoms with Crippen molar-refractivity contribution >= 4 is 23.2 Å². The number of hydrogen-bond donors (Lipinski definition) is 1. The van der Waals surface area contributed by atoms with Crippen LogP contribution in [-0.4, -0.2) is 5.11 Å². The van der Waals surface area contributed by atoms with Crippen LogP contribution in [0.5, 0.6) is 5.75 Å². The van der Waals surface area contributed by atoms with Crippen molar-refractivity contribution in [1.82, 2.24) is 0 Å². The molecule has 0 heterocycles. The topological polar surface area (TPSA) is 20.2 Å². The van der Waals surface area contributed by atoms with Crippen LogP contribution in [0.2, 0.25) is 10.0 Å². The lowest BCUT2D eigenvalue weighted by molar-refractivity contribution is 0.470. The Labute approximate surface area is 116 Å². The van der Waals surface area contributed by atoms with Crippen LogP contribution in [0.3, 0.4) is 0 Å². The Balaban J connectivity index is 2.19. The van der Waals surface area contributed by atoms with E-state index in [1.807, 2.05) is 30.3 Å². The first-order valence-corrected chi connectivity index (χ1v) is 6.13. The van der Waals surface area contributed by atoms with Crippen molar-refractivity contribution in [2.45, 2.75) is 6.42 Å². The van der Waals surface area contributed by atoms with Gasteiger partial charge in [-0.15, -0.1) is 0 Å². The number of rotatable bonds is 1. The minimum absolute atomic E-state index is 0.0448. The highest BCUT2D eigenvalue weighted by molar-refractivity contribution is 6.35. The largest absolute Gasteiger partial charge is 0.506 e. The van der Waals surface area contributed by atoms with E-state index in [1.54, 1.807) is 6.07 Å². The van der Waals surface area contributed by atoms with E-state index in [1.165, 1.54) is 6.07 Å². The Morgan fingerprint density at radius 1 is 1.06 bits per heavy atom. The Bertz CT molecular complexity index is 610. The maximum absolute atomic E-state index is 9.76. The molecule has 0 spiro atoms. The molecular weight excluding hydrogens is 267 g/mol. The summed E-state index contributed by atoms with van der Waals surface area (Å²) < 4.78 is 0. The molecule has 0 atom stereocenters. The molecule has 0 aliphatic heterocycles. The van der Waals surface area contributed by atoms with E-state index in [0.717, 1.165) is 5.56 Å². The molecule has 2 aromatic carbocycles. The Kier molecular flexibility index (Phi) is 4.15. The summed E-state index contributed by atoms with van der Waals surface area (Å²) in [6.45, 7) is 0. The van der Waals surface area contributed by atoms with E-state index < -0.39 is 0 Å². The average Bonchev–Trinajstić information content (AvgIpc) is 2.36. The minimum atomic E-state index is 0.0448. The summed E-state index contributed by atoms with van der Waals surface area (Å²) in [6, 6.07) is 12.8. The molecule has 0 amide bonds. The maximum atomic E-state index is 9.76. The van der Waals surface area contributed by atoms with Gasteiger partial charge in [0.25, 0.3) is 0 Å². The van der Waals surface area contributed by atoms with E-state index in [9.17, 15) is 5.11 Å². The summed E-state index contributed by atoms with van der Waals surface area (Å²) in [5.41, 5.74) is 1.57. The predicted molar refractivity (Wildman–Crippen MR) is 75.2 cm³/mol. The van der Waals surface area contributed by atoms with Gasteiger partial charge in [-0.1, -0.05) is 53.2 Å². The van der Waals surface area contributed by atoms with E-state index >= 15 is 0 Å². The summed E-state index contributed by atoms with van der Waals surface area (Å²) in [5.74, 6) is 6.04. The van der Waals surface area contributed by atoms with Gasteiger partial charge in [0.05, 0.1) is 5.02 Å². The highest BCUT2D eigenvalue weighted by Gasteiger charge is 2.06. The maximum Gasteiger partial charge on any atom is 0.138 e. The van der Waals surface area contributed by atoms with Crippen LogP contribution < -0.4 is 0 Å². The zero-order valence-electron chi connectivity index (χ0n) is 9.45. The molecule has 1 N–H and O–H groups in total. The normalized spacial score (nSPS) is 9.67. The van der Waals surface area contributed by atoms with Gasteiger partial charge >= 0.3 is 0 Å². The highest BCUT2D eigenvalue weighted by Crippen LogP contribution is 2.31. The molecule has 0 aromatic heterocycles. The first-order chi connectivity index (χ1) is 8.66. The first kappa shape index (κ1) is 12.8. The van der Waals surface area contributed by atoms with E-state index in [2.05, 4.69) is 11.8 Å². The third-order valence-electron chi connectivity index (χ3n) is 2.39. The van der Waals surface area contributed by atoms with E-state index in [-0.39, 0.29) is 10.8 Å². The lowest BCUT2D eigenvalue weighted by Gasteiger charge is -2.03. The van der Waals surface area contributed by atoms with Gasteiger partial charge in [0, 0.05) is 22.6 Å². The third kappa shape index (κ3) is 3.20. The van der Waals surface area contributed by atoms with Gasteiger partial charge < -0.3 is 5.11 Å². The fourth-order valence-electron chi connectivity index (χ4n) is 1.52. The Hall–Kier alpha value is -1.62. The lowest BCUT2D eigenvalue weighted by Crippen LogP contribution is -1.85. The van der Waals surface area contributed by atoms with Gasteiger partial charge in [0.15, 0.2) is 0 Å². The van der Waals surface area contributed by atoms with Crippen LogP contribution in [0.4, 0.5) is 0 Å². The van der Waals surface area contributed by atoms with Crippen LogP contribution in [0.1, 0.15) is 11.1 Å². The molecule has 0 unspecified atom stereocenters. The second-order valence-electron chi connectivity index (χ2n) is 3.74. The van der Waals surface area contributed by atoms with Crippen molar-refractivity contribution in [2.24, 2.45) is 0 Å². The molecule has 0 saturated heterocycles. The van der Waals surface area contributed by atoms with Crippen LogP contribution in [0.15, 0.2) is 42.5 Å². The monoisotopic (exact) mass is 276 g/mol. The number of phenolic OH excluding ortho intramolecular Hbond substituents is 1. The van der Waals surface area contributed by atoms with Gasteiger partial charge in [0.1, 0.15) is 5.75 Å². The zero-order chi connectivity index (χ0) is 13.0. The molecule has 2 rings (SSSR count). The van der Waals surface area contributed by atoms with E-state index in [0.29, 0.717) is 17.0 Å². The van der Waals surface area contributed by atoms with Crippen LogP contribution in [0, 0.1) is 11.8 Å². The van der Waals surface area contributed by atoms with Crippen LogP contribution in [0.25, 0.3) is 0 Å². The second-order valence-corrected chi connectivity index (χ2v) is 4.58. The molecule has 0 fully saturated rings. The van der Waals surface area contributed by atoms with Crippen molar-refractivity contribution in [2.75, 3.05) is 0 Å². The van der Waals surface area contributed by atoms with E-state index in [4.69, 9.17) is 23.2 Å². The summed E-state index contributed by atoms with van der Waals surface area (Å²) in [7, 11) is 0. The number of phenols is 1. The fraction of sp³-hybridized carbons (Fsp3) is 0.0667. The third-order valence-corrected chi connectivity index (χ3v) is 2.90. The second kappa shape index (κ2) is 5.82. The Morgan fingerprint density at radius 3 is 2.50 bits per heavy atom. The van der Waals surface area contributed by atoms with Gasteiger partial charge in [-0.2, -0.15) is 0 Å². The zero-order valence-corrected chi connectivity index (χ0v) is 11.0. The fourth-order valence-corrected chi connectivity index (χ4v) is 2.05. The number of aromatic hydroxyl groups is 1. The number of halogens is 2. The molecule has 0 radical (unpaired) electrons. The molecule has 0 aliphatic carbocycles. The van der Waals surface area contributed by atoms with Crippen molar-refractivity contribution in [3.05, 3.63) is 63.6 Å². The summed E-state index contributed by atoms with van der Waals surface area (Å²) in [6.07, 6.45) is 0.404. The molecule has 1 nitrogen and oxygen atoms in total. The number of benzene rings is 2. The molecule has 18 heavy (non-hydrogen) atoms. The summed E-state index contributed by atoms with van der Waals surface area (Å²) in [5, 5.41) is 10.5. The van der Waals surface area contributed by atoms with Gasteiger partial charge in [0.2, 0.25) is 0 Å². The smallest absolute Gasteiger partial charge is 0.138 e. The van der Waals surface area contributed by atoms with Gasteiger partial charge in [-0.25, -0.2) is 0 Å². The minimum Gasteiger partial charge on any atom is -0.506 e. The molecule has 0 bridgehead atoms. The summed E-state index contributed by atoms with van der Waals surface area (Å²) in [4.78, 5) is 0. The van der Waals surface area contributed by atoms with Crippen molar-refractivity contribution in [1.29, 1.82) is 0 Å². The Morgan fingerprint density at radius 2 is 1.78 bits per heavy atom. The van der Waals surface area contributed by atoms with Gasteiger partial charge in [-0.05, 0) is 24.3 Å². The molecule has 3 heteroatoms. The van der Waals surface area contributed by atoms with Crippen molar-refractivity contribution < 1.29 is 5.11 Å². The van der Waals surface area contributed by atoms with Crippen LogP contribution >= 0.6 is 23.2 Å². The molecule has 2 aromatic rings. The molecular formula is C15H10Cl2O. The van der Waals surface area contributed by atoms with Gasteiger partial charge in [-0.3, -0.25) is 0 Å². The van der Waals surface area contributed by atoms with Crippen LogP contribution in [-0.2, 0) is 6.42 Å². The molecule has 90 valence electrons. The average molecular weight is 277 g/mol. The molecule has 0 saturated carbocycles. The molecule has 0 aliphatic rings. The number of hydrogen-bond acceptors (Lipinski definition) is 1. The predicted octanol–water partition coefficient (Wildman–Crippen LogP) is 4.29. The summed E-state index contributed by atoms with van der Waals surface area (Å²) >= 11 is 11.7. The highest BCUT2D eigenvalue weighted by atomic mass is 35.5. The standard InChI is InChI=1S/C15H10Cl2O/c16-13-9-12(15(18)14(17)10-13)8-4-7-11-5-2-1-3-6-11/h1-3,5-6,9-10,18H,8H2.